The minimum Gasteiger partial charge on any atom is -0.481 e. The highest BCUT2D eigenvalue weighted by Gasteiger charge is 2.38. The van der Waals surface area contributed by atoms with Gasteiger partial charge in [0.2, 0.25) is 47.3 Å². The topological polar surface area (TPSA) is 504 Å². The monoisotopic (exact) mass is 1010 g/mol. The van der Waals surface area contributed by atoms with Crippen molar-refractivity contribution in [2.45, 2.75) is 139 Å². The molecule has 30 heteroatoms. The fraction of sp³-hybridized carbons (Fsp3) is 0.683. The van der Waals surface area contributed by atoms with Crippen LogP contribution in [0.25, 0.3) is 0 Å². The third kappa shape index (κ3) is 22.6. The Morgan fingerprint density at radius 3 is 1.58 bits per heavy atom. The Labute approximate surface area is 409 Å². The third-order valence-corrected chi connectivity index (χ3v) is 11.1. The summed E-state index contributed by atoms with van der Waals surface area (Å²) < 4.78 is 0. The minimum atomic E-state index is -1.36. The van der Waals surface area contributed by atoms with E-state index in [1.165, 1.54) is 18.7 Å². The molecular formula is C41H72N18O12. The summed E-state index contributed by atoms with van der Waals surface area (Å²) in [6.07, 6.45) is 1.47. The number of carboxylic acid groups (broad SMARTS) is 2. The molecule has 0 aromatic heterocycles. The molecule has 8 amide bonds. The van der Waals surface area contributed by atoms with Crippen LogP contribution in [-0.4, -0.2) is 180 Å². The van der Waals surface area contributed by atoms with E-state index in [1.54, 1.807) is 0 Å². The molecule has 30 nitrogen and oxygen atoms in total. The number of guanidine groups is 3. The summed E-state index contributed by atoms with van der Waals surface area (Å²) in [6.45, 7) is 2.99. The molecule has 71 heavy (non-hydrogen) atoms. The van der Waals surface area contributed by atoms with E-state index in [0.29, 0.717) is 19.4 Å². The highest BCUT2D eigenvalue weighted by Crippen LogP contribution is 2.19. The number of carbonyl (C=O) groups is 10. The summed E-state index contributed by atoms with van der Waals surface area (Å²) in [5, 5.41) is 39.2. The van der Waals surface area contributed by atoms with Gasteiger partial charge in [-0.25, -0.2) is 4.79 Å². The van der Waals surface area contributed by atoms with E-state index in [1.807, 2.05) is 0 Å². The highest BCUT2D eigenvalue weighted by molar-refractivity contribution is 5.98. The first-order valence-electron chi connectivity index (χ1n) is 23.2. The minimum absolute atomic E-state index is 0.00200. The van der Waals surface area contributed by atoms with E-state index in [4.69, 9.17) is 34.4 Å². The number of carbonyl (C=O) groups excluding carboxylic acids is 8. The van der Waals surface area contributed by atoms with Crippen LogP contribution in [0.5, 0.6) is 0 Å². The summed E-state index contributed by atoms with van der Waals surface area (Å²) >= 11 is 0. The quantitative estimate of drug-likeness (QED) is 0.0174. The Kier molecular flexibility index (Phi) is 25.9. The second-order valence-corrected chi connectivity index (χ2v) is 16.9. The Balaban J connectivity index is 2.20. The van der Waals surface area contributed by atoms with Gasteiger partial charge in [0.15, 0.2) is 17.9 Å². The van der Waals surface area contributed by atoms with Crippen LogP contribution in [0.2, 0.25) is 0 Å². The molecule has 0 saturated carbocycles. The first-order valence-corrected chi connectivity index (χ1v) is 23.2. The van der Waals surface area contributed by atoms with E-state index >= 15 is 0 Å². The lowest BCUT2D eigenvalue weighted by molar-refractivity contribution is -0.142. The molecule has 0 radical (unpaired) electrons. The van der Waals surface area contributed by atoms with Gasteiger partial charge in [0.25, 0.3) is 0 Å². The molecule has 0 aromatic rings. The summed E-state index contributed by atoms with van der Waals surface area (Å²) in [6, 6.07) is -9.53. The van der Waals surface area contributed by atoms with Crippen LogP contribution in [0.1, 0.15) is 90.9 Å². The lowest BCUT2D eigenvalue weighted by Gasteiger charge is -2.29. The Hall–Kier alpha value is -7.53. The molecule has 0 bridgehead atoms. The molecule has 2 rings (SSSR count). The van der Waals surface area contributed by atoms with Crippen LogP contribution in [0.15, 0.2) is 15.0 Å². The van der Waals surface area contributed by atoms with Crippen LogP contribution in [0.4, 0.5) is 0 Å². The highest BCUT2D eigenvalue weighted by atomic mass is 16.4. The largest absolute Gasteiger partial charge is 0.481 e. The second-order valence-electron chi connectivity index (χ2n) is 16.9. The molecule has 0 spiro atoms. The number of aliphatic imine (C=N–C) groups is 3. The van der Waals surface area contributed by atoms with Crippen LogP contribution in [-0.2, 0) is 47.9 Å². The van der Waals surface area contributed by atoms with Crippen molar-refractivity contribution in [2.75, 3.05) is 39.3 Å². The number of rotatable bonds is 31. The average molecular weight is 1010 g/mol. The molecular weight excluding hydrogens is 937 g/mol. The van der Waals surface area contributed by atoms with Gasteiger partial charge in [-0.15, -0.1) is 0 Å². The molecule has 2 heterocycles. The molecule has 2 aliphatic rings. The predicted molar refractivity (Wildman–Crippen MR) is 256 cm³/mol. The molecule has 0 aliphatic carbocycles. The van der Waals surface area contributed by atoms with Crippen molar-refractivity contribution in [1.82, 2.24) is 47.4 Å². The van der Waals surface area contributed by atoms with Crippen LogP contribution in [0, 0.1) is 0 Å². The smallest absolute Gasteiger partial charge is 0.326 e. The lowest BCUT2D eigenvalue weighted by atomic mass is 10.1. The van der Waals surface area contributed by atoms with Crippen molar-refractivity contribution >= 4 is 77.1 Å². The number of likely N-dealkylation sites (tertiary alicyclic amines) is 1. The number of nitrogens with one attached hydrogen (secondary N) is 8. The maximum Gasteiger partial charge on any atom is 0.326 e. The van der Waals surface area contributed by atoms with E-state index in [2.05, 4.69) is 57.5 Å². The number of amides is 8. The fourth-order valence-corrected chi connectivity index (χ4v) is 7.43. The summed E-state index contributed by atoms with van der Waals surface area (Å²) in [7, 11) is 0. The number of carboxylic acids is 2. The lowest BCUT2D eigenvalue weighted by Crippen LogP contribution is -2.59. The molecule has 0 aromatic carbocycles. The Morgan fingerprint density at radius 1 is 0.592 bits per heavy atom. The maximum atomic E-state index is 14.0. The van der Waals surface area contributed by atoms with Crippen molar-refractivity contribution in [3.8, 4) is 0 Å². The van der Waals surface area contributed by atoms with Crippen molar-refractivity contribution in [2.24, 2.45) is 49.4 Å². The third-order valence-electron chi connectivity index (χ3n) is 11.1. The van der Waals surface area contributed by atoms with Crippen molar-refractivity contribution in [1.29, 1.82) is 0 Å². The zero-order valence-electron chi connectivity index (χ0n) is 40.1. The number of hydrogen-bond donors (Lipinski definition) is 16. The van der Waals surface area contributed by atoms with Gasteiger partial charge in [0.05, 0.1) is 12.6 Å². The van der Waals surface area contributed by atoms with Gasteiger partial charge in [-0.3, -0.25) is 58.1 Å². The first kappa shape index (κ1) is 59.6. The zero-order chi connectivity index (χ0) is 53.2. The maximum absolute atomic E-state index is 14.0. The fourth-order valence-electron chi connectivity index (χ4n) is 7.43. The molecule has 2 aliphatic heterocycles. The first-order chi connectivity index (χ1) is 33.5. The van der Waals surface area contributed by atoms with E-state index in [-0.39, 0.29) is 95.4 Å². The number of hydrogen-bond acceptors (Lipinski definition) is 14. The zero-order valence-corrected chi connectivity index (χ0v) is 40.1. The van der Waals surface area contributed by atoms with Gasteiger partial charge >= 0.3 is 11.9 Å². The van der Waals surface area contributed by atoms with E-state index < -0.39 is 120 Å². The van der Waals surface area contributed by atoms with Gasteiger partial charge in [0.1, 0.15) is 42.3 Å². The predicted octanol–water partition coefficient (Wildman–Crippen LogP) is -7.10. The molecule has 398 valence electrons. The Morgan fingerprint density at radius 2 is 1.08 bits per heavy atom. The molecule has 22 N–H and O–H groups in total. The van der Waals surface area contributed by atoms with E-state index in [0.717, 1.165) is 6.42 Å². The van der Waals surface area contributed by atoms with Gasteiger partial charge in [-0.05, 0) is 91.0 Å². The van der Waals surface area contributed by atoms with Crippen LogP contribution in [0.3, 0.4) is 0 Å². The van der Waals surface area contributed by atoms with Crippen LogP contribution < -0.4 is 76.9 Å². The van der Waals surface area contributed by atoms with Crippen molar-refractivity contribution in [3.05, 3.63) is 0 Å². The number of aliphatic carboxylic acids is 2. The summed E-state index contributed by atoms with van der Waals surface area (Å²) in [4.78, 5) is 143. The normalized spacial score (nSPS) is 17.5. The van der Waals surface area contributed by atoms with E-state index in [9.17, 15) is 58.2 Å². The molecule has 0 unspecified atom stereocenters. The van der Waals surface area contributed by atoms with Crippen molar-refractivity contribution < 1.29 is 58.2 Å². The second kappa shape index (κ2) is 30.9. The van der Waals surface area contributed by atoms with Gasteiger partial charge in [-0.2, -0.15) is 0 Å². The van der Waals surface area contributed by atoms with Gasteiger partial charge in [-0.1, -0.05) is 0 Å². The number of nitrogens with zero attached hydrogens (tertiary/aromatic N) is 4. The summed E-state index contributed by atoms with van der Waals surface area (Å²) in [5.41, 5.74) is 32.4. The molecule has 2 fully saturated rings. The SMILES string of the molecule is C[C@H](NC(=O)[C@H](CCC(=O)O)NC(=O)[C@@H]1CCCN1)C(=O)N[C@@H](CCCN=C(N)N)C(=O)N[C@@H](CCCN=C(N)N)C(=O)N[C@@H](C)C(=O)N1CCC[C@H]1C(=O)NCC(=O)N[C@@H](CCCN=C(N)N)C(=O)O. The average Bonchev–Trinajstić information content (AvgIpc) is 4.03. The molecule has 8 atom stereocenters. The van der Waals surface area contributed by atoms with Crippen molar-refractivity contribution in [3.63, 3.8) is 0 Å². The van der Waals surface area contributed by atoms with Crippen LogP contribution >= 0.6 is 0 Å². The summed E-state index contributed by atoms with van der Waals surface area (Å²) in [5.74, 6) is -9.24. The Bertz CT molecular complexity index is 1970. The number of nitrogens with two attached hydrogens (primary N) is 6. The molecule has 2 saturated heterocycles. The van der Waals surface area contributed by atoms with Gasteiger partial charge < -0.3 is 92.0 Å². The standard InChI is InChI=1S/C41H72N18O12/c1-21(53-34(66)26(13-14-30(61)62)58-32(64)23-8-3-15-48-23)31(63)56-25(10-5-17-50-40(44)45)35(67)57-24(9-4-16-49-39(42)43)33(65)54-22(2)37(69)59-19-7-12-28(59)36(68)52-20-29(60)55-27(38(70)71)11-6-18-51-41(46)47/h21-28,48H,3-20H2,1-2H3,(H,52,68)(H,53,66)(H,54,65)(H,55,60)(H,56,63)(H,57,67)(H,58,64)(H,61,62)(H,70,71)(H4,42,43,49)(H4,44,45,50)(H4,46,47,51)/t21-,22-,23-,24-,25-,26-,27-,28-/m0/s1. The van der Waals surface area contributed by atoms with Gasteiger partial charge in [0, 0.05) is 32.6 Å².